The molecule has 0 aliphatic carbocycles. The molecule has 4 rings (SSSR count). The fourth-order valence-electron chi connectivity index (χ4n) is 2.69. The quantitative estimate of drug-likeness (QED) is 0.725. The van der Waals surface area contributed by atoms with Gasteiger partial charge in [0.05, 0.1) is 10.7 Å². The van der Waals surface area contributed by atoms with Crippen LogP contribution >= 0.6 is 11.6 Å². The summed E-state index contributed by atoms with van der Waals surface area (Å²) in [6.07, 6.45) is 6.19. The molecule has 0 atom stereocenters. The third-order valence-corrected chi connectivity index (χ3v) is 4.09. The highest BCUT2D eigenvalue weighted by atomic mass is 35.5. The van der Waals surface area contributed by atoms with E-state index >= 15 is 0 Å². The maximum atomic E-state index is 5.90. The van der Waals surface area contributed by atoms with Crippen LogP contribution in [0, 0.1) is 0 Å². The summed E-state index contributed by atoms with van der Waals surface area (Å²) in [7, 11) is 0. The Morgan fingerprint density at radius 2 is 1.96 bits per heavy atom. The molecule has 1 aliphatic rings. The van der Waals surface area contributed by atoms with Gasteiger partial charge in [-0.2, -0.15) is 0 Å². The van der Waals surface area contributed by atoms with Gasteiger partial charge in [-0.1, -0.05) is 17.7 Å². The first-order valence-corrected chi connectivity index (χ1v) is 7.80. The van der Waals surface area contributed by atoms with Crippen molar-refractivity contribution >= 4 is 17.4 Å². The van der Waals surface area contributed by atoms with Crippen LogP contribution in [0.25, 0.3) is 11.5 Å². The first-order chi connectivity index (χ1) is 11.3. The molecule has 4 heterocycles. The van der Waals surface area contributed by atoms with E-state index in [0.29, 0.717) is 10.8 Å². The van der Waals surface area contributed by atoms with Crippen LogP contribution in [0.1, 0.15) is 11.3 Å². The molecule has 0 saturated heterocycles. The normalized spacial score (nSPS) is 13.7. The molecule has 0 amide bonds. The fraction of sp³-hybridized carbons (Fsp3) is 0.176. The van der Waals surface area contributed by atoms with Crippen LogP contribution < -0.4 is 4.90 Å². The van der Waals surface area contributed by atoms with E-state index in [1.54, 1.807) is 12.4 Å². The van der Waals surface area contributed by atoms with Crippen LogP contribution in [0.5, 0.6) is 0 Å². The molecule has 23 heavy (non-hydrogen) atoms. The standard InChI is InChI=1S/C17H14ClN5/c18-13-4-5-16(20-10-13)23-8-6-14-12(11-23)9-21-17(22-14)15-3-1-2-7-19-15/h1-5,7,9-10H,6,8,11H2. The minimum Gasteiger partial charge on any atom is -0.352 e. The molecule has 3 aromatic heterocycles. The third-order valence-electron chi connectivity index (χ3n) is 3.86. The van der Waals surface area contributed by atoms with Crippen molar-refractivity contribution in [1.82, 2.24) is 19.9 Å². The highest BCUT2D eigenvalue weighted by Gasteiger charge is 2.20. The smallest absolute Gasteiger partial charge is 0.178 e. The van der Waals surface area contributed by atoms with Crippen LogP contribution in [-0.2, 0) is 13.0 Å². The molecule has 0 radical (unpaired) electrons. The molecule has 0 unspecified atom stereocenters. The summed E-state index contributed by atoms with van der Waals surface area (Å²) in [6.45, 7) is 1.63. The van der Waals surface area contributed by atoms with Crippen molar-refractivity contribution in [3.63, 3.8) is 0 Å². The second-order valence-corrected chi connectivity index (χ2v) is 5.82. The van der Waals surface area contributed by atoms with Gasteiger partial charge in [-0.3, -0.25) is 4.98 Å². The summed E-state index contributed by atoms with van der Waals surface area (Å²) < 4.78 is 0. The van der Waals surface area contributed by atoms with Gasteiger partial charge in [0.2, 0.25) is 0 Å². The van der Waals surface area contributed by atoms with Crippen molar-refractivity contribution < 1.29 is 0 Å². The van der Waals surface area contributed by atoms with Gasteiger partial charge in [-0.15, -0.1) is 0 Å². The van der Waals surface area contributed by atoms with Crippen molar-refractivity contribution in [2.75, 3.05) is 11.4 Å². The molecule has 0 spiro atoms. The zero-order valence-electron chi connectivity index (χ0n) is 12.4. The van der Waals surface area contributed by atoms with Gasteiger partial charge in [0.15, 0.2) is 5.82 Å². The predicted octanol–water partition coefficient (Wildman–Crippen LogP) is 3.15. The fourth-order valence-corrected chi connectivity index (χ4v) is 2.80. The van der Waals surface area contributed by atoms with E-state index in [1.165, 1.54) is 0 Å². The van der Waals surface area contributed by atoms with E-state index in [0.717, 1.165) is 42.3 Å². The highest BCUT2D eigenvalue weighted by molar-refractivity contribution is 6.30. The van der Waals surface area contributed by atoms with Crippen molar-refractivity contribution in [3.05, 3.63) is 65.2 Å². The zero-order valence-corrected chi connectivity index (χ0v) is 13.1. The van der Waals surface area contributed by atoms with E-state index in [9.17, 15) is 0 Å². The Hall–Kier alpha value is -2.53. The maximum Gasteiger partial charge on any atom is 0.178 e. The Kier molecular flexibility index (Phi) is 3.63. The molecule has 114 valence electrons. The number of hydrogen-bond acceptors (Lipinski definition) is 5. The van der Waals surface area contributed by atoms with Gasteiger partial charge in [-0.05, 0) is 24.3 Å². The summed E-state index contributed by atoms with van der Waals surface area (Å²) in [5.41, 5.74) is 3.02. The van der Waals surface area contributed by atoms with Gasteiger partial charge >= 0.3 is 0 Å². The van der Waals surface area contributed by atoms with E-state index < -0.39 is 0 Å². The van der Waals surface area contributed by atoms with Crippen molar-refractivity contribution in [2.24, 2.45) is 0 Å². The second kappa shape index (κ2) is 5.93. The summed E-state index contributed by atoms with van der Waals surface area (Å²) in [5.74, 6) is 1.61. The monoisotopic (exact) mass is 323 g/mol. The minimum absolute atomic E-state index is 0.648. The van der Waals surface area contributed by atoms with Crippen molar-refractivity contribution in [1.29, 1.82) is 0 Å². The molecule has 1 aliphatic heterocycles. The van der Waals surface area contributed by atoms with Crippen LogP contribution in [0.2, 0.25) is 5.02 Å². The number of hydrogen-bond donors (Lipinski definition) is 0. The number of halogens is 1. The highest BCUT2D eigenvalue weighted by Crippen LogP contribution is 2.23. The van der Waals surface area contributed by atoms with Gasteiger partial charge in [0.1, 0.15) is 11.5 Å². The lowest BCUT2D eigenvalue weighted by molar-refractivity contribution is 0.697. The van der Waals surface area contributed by atoms with Gasteiger partial charge in [0.25, 0.3) is 0 Å². The third kappa shape index (κ3) is 2.87. The molecule has 6 heteroatoms. The van der Waals surface area contributed by atoms with Gasteiger partial charge in [0, 0.05) is 43.7 Å². The summed E-state index contributed by atoms with van der Waals surface area (Å²) >= 11 is 5.90. The van der Waals surface area contributed by atoms with E-state index in [-0.39, 0.29) is 0 Å². The van der Waals surface area contributed by atoms with E-state index in [4.69, 9.17) is 11.6 Å². The van der Waals surface area contributed by atoms with Gasteiger partial charge in [-0.25, -0.2) is 15.0 Å². The van der Waals surface area contributed by atoms with E-state index in [1.807, 2.05) is 36.5 Å². The SMILES string of the molecule is Clc1ccc(N2CCc3nc(-c4ccccn4)ncc3C2)nc1. The van der Waals surface area contributed by atoms with Crippen LogP contribution in [0.15, 0.2) is 48.9 Å². The lowest BCUT2D eigenvalue weighted by Gasteiger charge is -2.29. The Balaban J connectivity index is 1.60. The van der Waals surface area contributed by atoms with Gasteiger partial charge < -0.3 is 4.90 Å². The second-order valence-electron chi connectivity index (χ2n) is 5.39. The molecule has 0 bridgehead atoms. The number of nitrogens with zero attached hydrogens (tertiary/aromatic N) is 5. The molecule has 0 fully saturated rings. The first-order valence-electron chi connectivity index (χ1n) is 7.42. The van der Waals surface area contributed by atoms with E-state index in [2.05, 4.69) is 24.8 Å². The predicted molar refractivity (Wildman–Crippen MR) is 89.3 cm³/mol. The lowest BCUT2D eigenvalue weighted by Crippen LogP contribution is -2.31. The molecule has 0 aromatic carbocycles. The van der Waals surface area contributed by atoms with Crippen LogP contribution in [0.3, 0.4) is 0 Å². The minimum atomic E-state index is 0.648. The average Bonchev–Trinajstić information content (AvgIpc) is 2.62. The Labute approximate surface area is 139 Å². The van der Waals surface area contributed by atoms with Crippen molar-refractivity contribution in [2.45, 2.75) is 13.0 Å². The first kappa shape index (κ1) is 14.1. The van der Waals surface area contributed by atoms with Crippen LogP contribution in [-0.4, -0.2) is 26.5 Å². The maximum absolute atomic E-state index is 5.90. The molecular formula is C17H14ClN5. The zero-order chi connectivity index (χ0) is 15.6. The summed E-state index contributed by atoms with van der Waals surface area (Å²) in [6, 6.07) is 9.56. The molecule has 5 nitrogen and oxygen atoms in total. The number of pyridine rings is 2. The number of rotatable bonds is 2. The summed E-state index contributed by atoms with van der Waals surface area (Å²) in [4.78, 5) is 20.1. The Morgan fingerprint density at radius 3 is 2.74 bits per heavy atom. The molecule has 0 saturated carbocycles. The average molecular weight is 324 g/mol. The number of fused-ring (bicyclic) bond motifs is 1. The molecular weight excluding hydrogens is 310 g/mol. The Bertz CT molecular complexity index is 820. The molecule has 0 N–H and O–H groups in total. The van der Waals surface area contributed by atoms with Crippen LogP contribution in [0.4, 0.5) is 5.82 Å². The summed E-state index contributed by atoms with van der Waals surface area (Å²) in [5, 5.41) is 0.648. The largest absolute Gasteiger partial charge is 0.352 e. The number of anilines is 1. The number of aromatic nitrogens is 4. The lowest BCUT2D eigenvalue weighted by atomic mass is 10.1. The topological polar surface area (TPSA) is 54.8 Å². The molecule has 3 aromatic rings. The Morgan fingerprint density at radius 1 is 1.00 bits per heavy atom. The van der Waals surface area contributed by atoms with Crippen molar-refractivity contribution in [3.8, 4) is 11.5 Å².